The number of benzene rings is 1. The van der Waals surface area contributed by atoms with Crippen LogP contribution in [0.25, 0.3) is 11.1 Å². The van der Waals surface area contributed by atoms with E-state index in [1.165, 1.54) is 31.2 Å². The fourth-order valence-corrected chi connectivity index (χ4v) is 4.57. The maximum absolute atomic E-state index is 13.5. The van der Waals surface area contributed by atoms with Gasteiger partial charge in [-0.25, -0.2) is 9.37 Å². The van der Waals surface area contributed by atoms with Crippen molar-refractivity contribution in [3.8, 4) is 17.2 Å². The molecule has 0 amide bonds. The normalized spacial score (nSPS) is 22.0. The van der Waals surface area contributed by atoms with Crippen LogP contribution in [-0.2, 0) is 49.3 Å². The maximum atomic E-state index is 13.5. The Morgan fingerprint density at radius 1 is 0.925 bits per heavy atom. The van der Waals surface area contributed by atoms with Crippen molar-refractivity contribution in [2.75, 3.05) is 6.61 Å². The summed E-state index contributed by atoms with van der Waals surface area (Å²) in [6.07, 6.45) is -6.22. The van der Waals surface area contributed by atoms with Gasteiger partial charge >= 0.3 is 23.9 Å². The predicted molar refractivity (Wildman–Crippen MR) is 135 cm³/mol. The number of esters is 4. The number of nitriles is 1. The molecule has 1 aromatic carbocycles. The van der Waals surface area contributed by atoms with Gasteiger partial charge in [0.15, 0.2) is 18.3 Å². The molecule has 0 N–H and O–H groups in total. The molecule has 1 saturated heterocycles. The quantitative estimate of drug-likeness (QED) is 0.259. The third-order valence-electron chi connectivity index (χ3n) is 5.79. The van der Waals surface area contributed by atoms with Gasteiger partial charge in [-0.1, -0.05) is 23.7 Å². The van der Waals surface area contributed by atoms with Gasteiger partial charge in [-0.2, -0.15) is 5.26 Å². The highest BCUT2D eigenvalue weighted by atomic mass is 35.5. The first-order chi connectivity index (χ1) is 18.9. The summed E-state index contributed by atoms with van der Waals surface area (Å²) in [5, 5.41) is 9.53. The summed E-state index contributed by atoms with van der Waals surface area (Å²) in [6, 6.07) is 8.93. The van der Waals surface area contributed by atoms with Crippen molar-refractivity contribution in [2.24, 2.45) is 0 Å². The van der Waals surface area contributed by atoms with Gasteiger partial charge in [0.25, 0.3) is 0 Å². The largest absolute Gasteiger partial charge is 0.463 e. The molecule has 1 aliphatic rings. The second-order valence-electron chi connectivity index (χ2n) is 8.89. The van der Waals surface area contributed by atoms with Gasteiger partial charge in [0.1, 0.15) is 35.9 Å². The Morgan fingerprint density at radius 2 is 1.48 bits per heavy atom. The molecule has 11 nitrogen and oxygen atoms in total. The molecule has 5 atom stereocenters. The summed E-state index contributed by atoms with van der Waals surface area (Å²) in [7, 11) is 0. The monoisotopic (exact) mass is 576 g/mol. The van der Waals surface area contributed by atoms with E-state index in [1.54, 1.807) is 6.07 Å². The number of pyridine rings is 1. The number of nitrogens with zero attached hydrogens (tertiary/aromatic N) is 2. The first kappa shape index (κ1) is 30.5. The third kappa shape index (κ3) is 7.74. The zero-order chi connectivity index (χ0) is 29.6. The number of aromatic nitrogens is 1. The zero-order valence-electron chi connectivity index (χ0n) is 22.0. The summed E-state index contributed by atoms with van der Waals surface area (Å²) in [5.41, 5.74) is 1.19. The van der Waals surface area contributed by atoms with Gasteiger partial charge in [0, 0.05) is 45.4 Å². The fourth-order valence-electron chi connectivity index (χ4n) is 4.32. The third-order valence-corrected chi connectivity index (χ3v) is 6.07. The standard InChI is InChI=1S/C27H26ClFN2O9/c1-13(32)36-12-23-25(38-15(3)34)26(39-16(4)35)24(37-14(2)33)22(40-23)10-19-9-20(21(11-30)27(28)31-19)17-5-7-18(29)8-6-17/h5-9,22-26H,10,12H2,1-4H3/t22-,23+,24-,25+,26+/m0/s1. The molecular weight excluding hydrogens is 551 g/mol. The molecule has 0 radical (unpaired) electrons. The molecule has 212 valence electrons. The molecule has 0 saturated carbocycles. The number of rotatable bonds is 8. The van der Waals surface area contributed by atoms with E-state index in [1.807, 2.05) is 6.07 Å². The average Bonchev–Trinajstić information content (AvgIpc) is 2.85. The molecule has 2 heterocycles. The lowest BCUT2D eigenvalue weighted by molar-refractivity contribution is -0.252. The number of carbonyl (C=O) groups is 4. The highest BCUT2D eigenvalue weighted by Crippen LogP contribution is 2.33. The van der Waals surface area contributed by atoms with Gasteiger partial charge < -0.3 is 23.7 Å². The van der Waals surface area contributed by atoms with Crippen LogP contribution in [0.4, 0.5) is 4.39 Å². The molecule has 3 rings (SSSR count). The number of carbonyl (C=O) groups excluding carboxylic acids is 4. The van der Waals surface area contributed by atoms with Gasteiger partial charge in [0.2, 0.25) is 0 Å². The van der Waals surface area contributed by atoms with Gasteiger partial charge in [-0.05, 0) is 23.8 Å². The van der Waals surface area contributed by atoms with Crippen LogP contribution in [-0.4, -0.2) is 66.0 Å². The van der Waals surface area contributed by atoms with Crippen LogP contribution < -0.4 is 0 Å². The van der Waals surface area contributed by atoms with E-state index in [0.29, 0.717) is 11.1 Å². The molecule has 0 unspecified atom stereocenters. The molecule has 0 bridgehead atoms. The molecule has 1 fully saturated rings. The van der Waals surface area contributed by atoms with E-state index in [4.69, 9.17) is 35.3 Å². The maximum Gasteiger partial charge on any atom is 0.303 e. The van der Waals surface area contributed by atoms with Gasteiger partial charge in [0.05, 0.1) is 5.56 Å². The first-order valence-electron chi connectivity index (χ1n) is 12.1. The number of hydrogen-bond donors (Lipinski definition) is 0. The Balaban J connectivity index is 2.08. The van der Waals surface area contributed by atoms with Crippen LogP contribution >= 0.6 is 11.6 Å². The Morgan fingerprint density at radius 3 is 2.00 bits per heavy atom. The summed E-state index contributed by atoms with van der Waals surface area (Å²) >= 11 is 6.33. The van der Waals surface area contributed by atoms with Crippen molar-refractivity contribution in [1.29, 1.82) is 5.26 Å². The molecule has 1 aliphatic heterocycles. The van der Waals surface area contributed by atoms with Crippen molar-refractivity contribution in [2.45, 2.75) is 64.6 Å². The van der Waals surface area contributed by atoms with Crippen molar-refractivity contribution >= 4 is 35.5 Å². The second kappa shape index (κ2) is 13.3. The van der Waals surface area contributed by atoms with Crippen LogP contribution in [0.5, 0.6) is 0 Å². The minimum atomic E-state index is -1.34. The van der Waals surface area contributed by atoms with E-state index >= 15 is 0 Å². The van der Waals surface area contributed by atoms with Crippen molar-refractivity contribution in [3.63, 3.8) is 0 Å². The summed E-state index contributed by atoms with van der Waals surface area (Å²) < 4.78 is 41.0. The molecule has 1 aromatic heterocycles. The summed E-state index contributed by atoms with van der Waals surface area (Å²) in [6.45, 7) is 4.18. The van der Waals surface area contributed by atoms with E-state index in [0.717, 1.165) is 20.8 Å². The lowest BCUT2D eigenvalue weighted by Crippen LogP contribution is -2.62. The lowest BCUT2D eigenvalue weighted by Gasteiger charge is -2.44. The average molecular weight is 577 g/mol. The zero-order valence-corrected chi connectivity index (χ0v) is 22.8. The fraction of sp³-hybridized carbons (Fsp3) is 0.407. The second-order valence-corrected chi connectivity index (χ2v) is 9.25. The molecule has 2 aromatic rings. The van der Waals surface area contributed by atoms with Crippen molar-refractivity contribution in [3.05, 3.63) is 52.6 Å². The Hall–Kier alpha value is -4.08. The predicted octanol–water partition coefficient (Wildman–Crippen LogP) is 3.08. The SMILES string of the molecule is CC(=O)OC[C@H]1O[C@@H](Cc2cc(-c3ccc(F)cc3)c(C#N)c(Cl)n2)[C@H](OC(C)=O)[C@@H](OC(C)=O)[C@@H]1OC(C)=O. The van der Waals surface area contributed by atoms with E-state index in [-0.39, 0.29) is 29.4 Å². The highest BCUT2D eigenvalue weighted by Gasteiger charge is 2.52. The van der Waals surface area contributed by atoms with Crippen LogP contribution in [0.3, 0.4) is 0 Å². The van der Waals surface area contributed by atoms with Crippen LogP contribution in [0.2, 0.25) is 5.15 Å². The molecular formula is C27H26ClFN2O9. The topological polar surface area (TPSA) is 151 Å². The van der Waals surface area contributed by atoms with Crippen molar-refractivity contribution in [1.82, 2.24) is 4.98 Å². The molecule has 0 aliphatic carbocycles. The molecule has 0 spiro atoms. The lowest BCUT2D eigenvalue weighted by atomic mass is 9.91. The smallest absolute Gasteiger partial charge is 0.303 e. The van der Waals surface area contributed by atoms with Crippen LogP contribution in [0, 0.1) is 17.1 Å². The number of ether oxygens (including phenoxy) is 5. The Bertz CT molecular complexity index is 1330. The minimum absolute atomic E-state index is 0.0542. The first-order valence-corrected chi connectivity index (χ1v) is 12.4. The summed E-state index contributed by atoms with van der Waals surface area (Å²) in [5.74, 6) is -3.36. The van der Waals surface area contributed by atoms with Crippen LogP contribution in [0.1, 0.15) is 39.0 Å². The minimum Gasteiger partial charge on any atom is -0.463 e. The molecule has 40 heavy (non-hydrogen) atoms. The van der Waals surface area contributed by atoms with Crippen LogP contribution in [0.15, 0.2) is 30.3 Å². The van der Waals surface area contributed by atoms with Gasteiger partial charge in [-0.3, -0.25) is 19.2 Å². The van der Waals surface area contributed by atoms with Gasteiger partial charge in [-0.15, -0.1) is 0 Å². The van der Waals surface area contributed by atoms with Crippen molar-refractivity contribution < 1.29 is 47.3 Å². The Kier molecular flexibility index (Phi) is 10.1. The summed E-state index contributed by atoms with van der Waals surface area (Å²) in [4.78, 5) is 51.8. The number of halogens is 2. The van der Waals surface area contributed by atoms with E-state index < -0.39 is 60.2 Å². The number of hydrogen-bond acceptors (Lipinski definition) is 11. The molecule has 13 heteroatoms. The van der Waals surface area contributed by atoms with E-state index in [2.05, 4.69) is 4.98 Å². The van der Waals surface area contributed by atoms with E-state index in [9.17, 15) is 28.8 Å². The highest BCUT2D eigenvalue weighted by molar-refractivity contribution is 6.31. The Labute approximate surface area is 234 Å².